The fourth-order valence-corrected chi connectivity index (χ4v) is 2.09. The monoisotopic (exact) mass is 248 g/mol. The van der Waals surface area contributed by atoms with Crippen LogP contribution in [0.25, 0.3) is 0 Å². The summed E-state index contributed by atoms with van der Waals surface area (Å²) in [6.07, 6.45) is 0. The Balaban J connectivity index is 2.19. The van der Waals surface area contributed by atoms with Crippen LogP contribution in [0.3, 0.4) is 0 Å². The minimum Gasteiger partial charge on any atom is -0.508 e. The third-order valence-corrected chi connectivity index (χ3v) is 3.35. The van der Waals surface area contributed by atoms with E-state index in [4.69, 9.17) is 0 Å². The second-order valence-corrected chi connectivity index (χ2v) is 4.58. The lowest BCUT2D eigenvalue weighted by Crippen LogP contribution is -2.11. The van der Waals surface area contributed by atoms with E-state index in [1.807, 2.05) is 0 Å². The lowest BCUT2D eigenvalue weighted by atomic mass is 10.2. The van der Waals surface area contributed by atoms with Gasteiger partial charge in [-0.1, -0.05) is 6.07 Å². The van der Waals surface area contributed by atoms with E-state index < -0.39 is 0 Å². The molecule has 0 unspecified atom stereocenters. The number of anilines is 1. The zero-order chi connectivity index (χ0) is 12.4. The molecule has 2 aromatic rings. The van der Waals surface area contributed by atoms with Crippen LogP contribution in [0.4, 0.5) is 5.69 Å². The van der Waals surface area contributed by atoms with Gasteiger partial charge < -0.3 is 10.4 Å². The second-order valence-electron chi connectivity index (χ2n) is 3.72. The summed E-state index contributed by atoms with van der Waals surface area (Å²) in [6, 6.07) is 5.04. The Kier molecular flexibility index (Phi) is 3.10. The first-order valence-electron chi connectivity index (χ1n) is 5.09. The highest BCUT2D eigenvalue weighted by atomic mass is 32.1. The van der Waals surface area contributed by atoms with E-state index in [0.29, 0.717) is 16.3 Å². The smallest absolute Gasteiger partial charge is 0.267 e. The maximum absolute atomic E-state index is 11.9. The molecule has 0 spiro atoms. The molecule has 1 aromatic carbocycles. The van der Waals surface area contributed by atoms with Crippen LogP contribution in [0.1, 0.15) is 20.9 Å². The Labute approximate surface area is 103 Å². The number of hydrogen-bond donors (Lipinski definition) is 2. The first-order chi connectivity index (χ1) is 8.08. The number of aromatic hydroxyl groups is 1. The van der Waals surface area contributed by atoms with Crippen LogP contribution in [-0.2, 0) is 0 Å². The summed E-state index contributed by atoms with van der Waals surface area (Å²) in [7, 11) is 0. The summed E-state index contributed by atoms with van der Waals surface area (Å²) in [4.78, 5) is 16.5. The van der Waals surface area contributed by atoms with Crippen molar-refractivity contribution in [1.29, 1.82) is 0 Å². The highest BCUT2D eigenvalue weighted by Gasteiger charge is 2.12. The number of nitrogens with one attached hydrogen (secondary N) is 1. The van der Waals surface area contributed by atoms with Crippen LogP contribution in [-0.4, -0.2) is 16.0 Å². The summed E-state index contributed by atoms with van der Waals surface area (Å²) in [5, 5.41) is 12.3. The molecule has 0 aliphatic rings. The molecule has 0 radical (unpaired) electrons. The van der Waals surface area contributed by atoms with Gasteiger partial charge >= 0.3 is 0 Å². The molecule has 0 saturated heterocycles. The molecule has 1 heterocycles. The number of carbonyl (C=O) groups excluding carboxylic acids is 1. The van der Waals surface area contributed by atoms with Crippen molar-refractivity contribution in [3.05, 3.63) is 39.8 Å². The van der Waals surface area contributed by atoms with Crippen LogP contribution in [0, 0.1) is 13.8 Å². The number of nitrogens with zero attached hydrogens (tertiary/aromatic N) is 1. The third-order valence-electron chi connectivity index (χ3n) is 2.42. The van der Waals surface area contributed by atoms with Crippen molar-refractivity contribution in [2.45, 2.75) is 13.8 Å². The van der Waals surface area contributed by atoms with E-state index in [2.05, 4.69) is 10.3 Å². The van der Waals surface area contributed by atoms with Gasteiger partial charge in [-0.2, -0.15) is 0 Å². The van der Waals surface area contributed by atoms with Crippen molar-refractivity contribution in [3.63, 3.8) is 0 Å². The van der Waals surface area contributed by atoms with Crippen molar-refractivity contribution in [3.8, 4) is 5.75 Å². The number of aromatic nitrogens is 1. The molecule has 0 fully saturated rings. The number of rotatable bonds is 2. The highest BCUT2D eigenvalue weighted by Crippen LogP contribution is 2.22. The SMILES string of the molecule is Cc1ccc(NC(=O)c2scnc2C)cc1O. The Hall–Kier alpha value is -1.88. The number of carbonyl (C=O) groups is 1. The fraction of sp³-hybridized carbons (Fsp3) is 0.167. The summed E-state index contributed by atoms with van der Waals surface area (Å²) in [5.41, 5.74) is 3.70. The van der Waals surface area contributed by atoms with Gasteiger partial charge in [0, 0.05) is 11.8 Å². The topological polar surface area (TPSA) is 62.2 Å². The predicted molar refractivity (Wildman–Crippen MR) is 67.6 cm³/mol. The first kappa shape index (κ1) is 11.6. The summed E-state index contributed by atoms with van der Waals surface area (Å²) < 4.78 is 0. The Bertz CT molecular complexity index is 563. The molecule has 1 aromatic heterocycles. The van der Waals surface area contributed by atoms with Gasteiger partial charge in [-0.15, -0.1) is 11.3 Å². The van der Waals surface area contributed by atoms with Crippen LogP contribution in [0.15, 0.2) is 23.7 Å². The van der Waals surface area contributed by atoms with E-state index in [-0.39, 0.29) is 11.7 Å². The maximum atomic E-state index is 11.9. The van der Waals surface area contributed by atoms with Crippen LogP contribution >= 0.6 is 11.3 Å². The molecule has 1 amide bonds. The number of aryl methyl sites for hydroxylation is 2. The largest absolute Gasteiger partial charge is 0.508 e. The highest BCUT2D eigenvalue weighted by molar-refractivity contribution is 7.12. The van der Waals surface area contributed by atoms with E-state index >= 15 is 0 Å². The first-order valence-corrected chi connectivity index (χ1v) is 5.97. The number of phenolic OH excluding ortho intramolecular Hbond substituents is 1. The molecule has 88 valence electrons. The number of phenols is 1. The molecule has 0 atom stereocenters. The molecule has 17 heavy (non-hydrogen) atoms. The zero-order valence-corrected chi connectivity index (χ0v) is 10.3. The Morgan fingerprint density at radius 3 is 2.76 bits per heavy atom. The van der Waals surface area contributed by atoms with Crippen molar-refractivity contribution in [1.82, 2.24) is 4.98 Å². The van der Waals surface area contributed by atoms with E-state index in [1.54, 1.807) is 31.5 Å². The van der Waals surface area contributed by atoms with Crippen LogP contribution < -0.4 is 5.32 Å². The molecule has 2 rings (SSSR count). The van der Waals surface area contributed by atoms with Crippen molar-refractivity contribution in [2.75, 3.05) is 5.32 Å². The number of amides is 1. The Morgan fingerprint density at radius 2 is 2.18 bits per heavy atom. The lowest BCUT2D eigenvalue weighted by Gasteiger charge is -2.06. The van der Waals surface area contributed by atoms with Gasteiger partial charge in [-0.3, -0.25) is 4.79 Å². The second kappa shape index (κ2) is 4.55. The quantitative estimate of drug-likeness (QED) is 0.859. The Morgan fingerprint density at radius 1 is 1.41 bits per heavy atom. The predicted octanol–water partition coefficient (Wildman–Crippen LogP) is 2.72. The molecule has 0 bridgehead atoms. The van der Waals surface area contributed by atoms with Crippen LogP contribution in [0.2, 0.25) is 0 Å². The molecule has 0 saturated carbocycles. The number of thiazole rings is 1. The van der Waals surface area contributed by atoms with E-state index in [0.717, 1.165) is 5.56 Å². The van der Waals surface area contributed by atoms with Crippen LogP contribution in [0.5, 0.6) is 5.75 Å². The fourth-order valence-electron chi connectivity index (χ4n) is 1.39. The minimum atomic E-state index is -0.201. The van der Waals surface area contributed by atoms with Crippen molar-refractivity contribution in [2.24, 2.45) is 0 Å². The van der Waals surface area contributed by atoms with Crippen molar-refractivity contribution >= 4 is 22.9 Å². The average Bonchev–Trinajstić information content (AvgIpc) is 2.70. The molecular formula is C12H12N2O2S. The van der Waals surface area contributed by atoms with E-state index in [1.165, 1.54) is 17.4 Å². The normalized spacial score (nSPS) is 10.2. The number of hydrogen-bond acceptors (Lipinski definition) is 4. The van der Waals surface area contributed by atoms with Gasteiger partial charge in [0.25, 0.3) is 5.91 Å². The van der Waals surface area contributed by atoms with Gasteiger partial charge in [-0.25, -0.2) is 4.98 Å². The van der Waals surface area contributed by atoms with Gasteiger partial charge in [0.2, 0.25) is 0 Å². The zero-order valence-electron chi connectivity index (χ0n) is 9.52. The summed E-state index contributed by atoms with van der Waals surface area (Å²) in [5.74, 6) is -0.0305. The summed E-state index contributed by atoms with van der Waals surface area (Å²) in [6.45, 7) is 3.59. The molecule has 0 aliphatic heterocycles. The molecule has 0 aliphatic carbocycles. The maximum Gasteiger partial charge on any atom is 0.267 e. The van der Waals surface area contributed by atoms with E-state index in [9.17, 15) is 9.90 Å². The van der Waals surface area contributed by atoms with Crippen molar-refractivity contribution < 1.29 is 9.90 Å². The minimum absolute atomic E-state index is 0.170. The summed E-state index contributed by atoms with van der Waals surface area (Å²) >= 11 is 1.30. The van der Waals surface area contributed by atoms with Gasteiger partial charge in [0.1, 0.15) is 10.6 Å². The average molecular weight is 248 g/mol. The molecule has 5 heteroatoms. The van der Waals surface area contributed by atoms with Gasteiger partial charge in [0.15, 0.2) is 0 Å². The van der Waals surface area contributed by atoms with Gasteiger partial charge in [-0.05, 0) is 25.5 Å². The molecule has 2 N–H and O–H groups in total. The van der Waals surface area contributed by atoms with Gasteiger partial charge in [0.05, 0.1) is 11.2 Å². The molecule has 4 nitrogen and oxygen atoms in total. The number of benzene rings is 1. The lowest BCUT2D eigenvalue weighted by molar-refractivity contribution is 0.103. The standard InChI is InChI=1S/C12H12N2O2S/c1-7-3-4-9(5-10(7)15)14-12(16)11-8(2)13-6-17-11/h3-6,15H,1-2H3,(H,14,16). The molecular weight excluding hydrogens is 236 g/mol. The third kappa shape index (κ3) is 2.45.